The van der Waals surface area contributed by atoms with E-state index in [2.05, 4.69) is 11.9 Å². The standard InChI is InChI=1S/C18H17ClN2O2/c1-2-9-21-16-8-7-15(10-17(16)23-12-18(21)22)20-11-13-3-5-14(19)6-4-13/h2-8,10,20H,1,9,11-12H2. The Labute approximate surface area is 140 Å². The van der Waals surface area contributed by atoms with E-state index >= 15 is 0 Å². The van der Waals surface area contributed by atoms with Crippen molar-refractivity contribution in [3.05, 3.63) is 65.7 Å². The van der Waals surface area contributed by atoms with Gasteiger partial charge in [-0.3, -0.25) is 4.79 Å². The third-order valence-corrected chi connectivity index (χ3v) is 3.88. The maximum atomic E-state index is 11.9. The van der Waals surface area contributed by atoms with Gasteiger partial charge in [-0.25, -0.2) is 0 Å². The number of benzene rings is 2. The van der Waals surface area contributed by atoms with Crippen LogP contribution in [0.4, 0.5) is 11.4 Å². The second-order valence-electron chi connectivity index (χ2n) is 5.24. The number of rotatable bonds is 5. The number of nitrogens with zero attached hydrogens (tertiary/aromatic N) is 1. The van der Waals surface area contributed by atoms with Gasteiger partial charge in [0.25, 0.3) is 5.91 Å². The highest BCUT2D eigenvalue weighted by molar-refractivity contribution is 6.30. The van der Waals surface area contributed by atoms with Gasteiger partial charge in [0.15, 0.2) is 6.61 Å². The topological polar surface area (TPSA) is 41.6 Å². The molecule has 0 saturated carbocycles. The van der Waals surface area contributed by atoms with Crippen molar-refractivity contribution in [1.29, 1.82) is 0 Å². The maximum absolute atomic E-state index is 11.9. The summed E-state index contributed by atoms with van der Waals surface area (Å²) in [5, 5.41) is 4.07. The van der Waals surface area contributed by atoms with Gasteiger partial charge in [0.05, 0.1) is 5.69 Å². The Morgan fingerprint density at radius 2 is 2.04 bits per heavy atom. The van der Waals surface area contributed by atoms with Crippen molar-refractivity contribution in [3.8, 4) is 5.75 Å². The Balaban J connectivity index is 1.74. The Hall–Kier alpha value is -2.46. The SMILES string of the molecule is C=CCN1C(=O)COc2cc(NCc3ccc(Cl)cc3)ccc21. The molecule has 1 aliphatic heterocycles. The molecule has 0 bridgehead atoms. The molecule has 1 aliphatic rings. The zero-order chi connectivity index (χ0) is 16.2. The number of fused-ring (bicyclic) bond motifs is 1. The van der Waals surface area contributed by atoms with E-state index < -0.39 is 0 Å². The summed E-state index contributed by atoms with van der Waals surface area (Å²) in [6.07, 6.45) is 1.71. The molecule has 0 aromatic heterocycles. The van der Waals surface area contributed by atoms with Gasteiger partial charge in [-0.1, -0.05) is 29.8 Å². The molecule has 0 aliphatic carbocycles. The fourth-order valence-electron chi connectivity index (χ4n) is 2.45. The molecule has 3 rings (SSSR count). The van der Waals surface area contributed by atoms with Crippen LogP contribution >= 0.6 is 11.6 Å². The molecule has 1 heterocycles. The van der Waals surface area contributed by atoms with Crippen molar-refractivity contribution in [2.45, 2.75) is 6.54 Å². The van der Waals surface area contributed by atoms with Crippen molar-refractivity contribution in [3.63, 3.8) is 0 Å². The quantitative estimate of drug-likeness (QED) is 0.847. The van der Waals surface area contributed by atoms with Gasteiger partial charge < -0.3 is 15.0 Å². The summed E-state index contributed by atoms with van der Waals surface area (Å²) in [7, 11) is 0. The van der Waals surface area contributed by atoms with Gasteiger partial charge in [0.2, 0.25) is 0 Å². The Kier molecular flexibility index (Phi) is 4.53. The molecule has 0 fully saturated rings. The molecular formula is C18H17ClN2O2. The summed E-state index contributed by atoms with van der Waals surface area (Å²) in [6, 6.07) is 13.4. The van der Waals surface area contributed by atoms with Crippen molar-refractivity contribution in [2.24, 2.45) is 0 Å². The number of anilines is 2. The van der Waals surface area contributed by atoms with Crippen LogP contribution in [-0.4, -0.2) is 19.1 Å². The number of ether oxygens (including phenoxy) is 1. The van der Waals surface area contributed by atoms with Gasteiger partial charge in [-0.05, 0) is 29.8 Å². The second kappa shape index (κ2) is 6.75. The highest BCUT2D eigenvalue weighted by Crippen LogP contribution is 2.34. The third kappa shape index (κ3) is 3.48. The van der Waals surface area contributed by atoms with Gasteiger partial charge in [-0.2, -0.15) is 0 Å². The van der Waals surface area contributed by atoms with Crippen molar-refractivity contribution < 1.29 is 9.53 Å². The van der Waals surface area contributed by atoms with Crippen molar-refractivity contribution in [1.82, 2.24) is 0 Å². The molecular weight excluding hydrogens is 312 g/mol. The highest BCUT2D eigenvalue weighted by Gasteiger charge is 2.24. The van der Waals surface area contributed by atoms with E-state index in [1.54, 1.807) is 11.0 Å². The number of hydrogen-bond acceptors (Lipinski definition) is 3. The normalized spacial score (nSPS) is 13.3. The molecule has 2 aromatic rings. The lowest BCUT2D eigenvalue weighted by molar-refractivity contribution is -0.121. The minimum atomic E-state index is -0.0562. The molecule has 118 valence electrons. The molecule has 0 saturated heterocycles. The van der Waals surface area contributed by atoms with E-state index in [-0.39, 0.29) is 12.5 Å². The van der Waals surface area contributed by atoms with Gasteiger partial charge in [0.1, 0.15) is 5.75 Å². The number of halogens is 1. The lowest BCUT2D eigenvalue weighted by atomic mass is 10.2. The van der Waals surface area contributed by atoms with Gasteiger partial charge >= 0.3 is 0 Å². The van der Waals surface area contributed by atoms with Crippen LogP contribution in [0, 0.1) is 0 Å². The number of nitrogens with one attached hydrogen (secondary N) is 1. The number of carbonyl (C=O) groups excluding carboxylic acids is 1. The minimum absolute atomic E-state index is 0.0562. The molecule has 5 heteroatoms. The van der Waals surface area contributed by atoms with E-state index in [0.29, 0.717) is 18.8 Å². The predicted molar refractivity (Wildman–Crippen MR) is 93.3 cm³/mol. The average Bonchev–Trinajstić information content (AvgIpc) is 2.57. The van der Waals surface area contributed by atoms with Crippen LogP contribution in [0.5, 0.6) is 5.75 Å². The van der Waals surface area contributed by atoms with Crippen LogP contribution in [0.3, 0.4) is 0 Å². The van der Waals surface area contributed by atoms with Crippen LogP contribution in [0.1, 0.15) is 5.56 Å². The summed E-state index contributed by atoms with van der Waals surface area (Å²) < 4.78 is 5.54. The number of carbonyl (C=O) groups is 1. The molecule has 0 spiro atoms. The predicted octanol–water partition coefficient (Wildman–Crippen LogP) is 3.86. The van der Waals surface area contributed by atoms with Gasteiger partial charge in [-0.15, -0.1) is 6.58 Å². The maximum Gasteiger partial charge on any atom is 0.265 e. The highest BCUT2D eigenvalue weighted by atomic mass is 35.5. The number of amides is 1. The molecule has 4 nitrogen and oxygen atoms in total. The van der Waals surface area contributed by atoms with E-state index in [4.69, 9.17) is 16.3 Å². The summed E-state index contributed by atoms with van der Waals surface area (Å²) in [6.45, 7) is 4.91. The summed E-state index contributed by atoms with van der Waals surface area (Å²) in [4.78, 5) is 13.6. The lowest BCUT2D eigenvalue weighted by Gasteiger charge is -2.28. The summed E-state index contributed by atoms with van der Waals surface area (Å²) >= 11 is 5.88. The Bertz CT molecular complexity index is 728. The van der Waals surface area contributed by atoms with E-state index in [9.17, 15) is 4.79 Å². The second-order valence-corrected chi connectivity index (χ2v) is 5.68. The molecule has 0 radical (unpaired) electrons. The Morgan fingerprint density at radius 1 is 1.26 bits per heavy atom. The minimum Gasteiger partial charge on any atom is -0.481 e. The van der Waals surface area contributed by atoms with E-state index in [1.165, 1.54) is 0 Å². The van der Waals surface area contributed by atoms with E-state index in [1.807, 2.05) is 42.5 Å². The molecule has 2 aromatic carbocycles. The first kappa shape index (κ1) is 15.4. The van der Waals surface area contributed by atoms with E-state index in [0.717, 1.165) is 22.0 Å². The first-order chi connectivity index (χ1) is 11.2. The molecule has 1 amide bonds. The smallest absolute Gasteiger partial charge is 0.265 e. The van der Waals surface area contributed by atoms with Crippen molar-refractivity contribution in [2.75, 3.05) is 23.4 Å². The zero-order valence-corrected chi connectivity index (χ0v) is 13.3. The first-order valence-corrected chi connectivity index (χ1v) is 7.71. The molecule has 23 heavy (non-hydrogen) atoms. The average molecular weight is 329 g/mol. The van der Waals surface area contributed by atoms with Crippen LogP contribution in [0.25, 0.3) is 0 Å². The summed E-state index contributed by atoms with van der Waals surface area (Å²) in [5.74, 6) is 0.645. The van der Waals surface area contributed by atoms with Crippen LogP contribution in [-0.2, 0) is 11.3 Å². The van der Waals surface area contributed by atoms with Crippen LogP contribution < -0.4 is 15.0 Å². The third-order valence-electron chi connectivity index (χ3n) is 3.62. The van der Waals surface area contributed by atoms with Crippen LogP contribution in [0.15, 0.2) is 55.1 Å². The van der Waals surface area contributed by atoms with Crippen molar-refractivity contribution >= 4 is 28.9 Å². The largest absolute Gasteiger partial charge is 0.481 e. The zero-order valence-electron chi connectivity index (χ0n) is 12.6. The first-order valence-electron chi connectivity index (χ1n) is 7.34. The molecule has 0 unspecified atom stereocenters. The van der Waals surface area contributed by atoms with Crippen LogP contribution in [0.2, 0.25) is 5.02 Å². The summed E-state index contributed by atoms with van der Waals surface area (Å²) in [5.41, 5.74) is 2.85. The van der Waals surface area contributed by atoms with Gasteiger partial charge in [0, 0.05) is 29.9 Å². The number of hydrogen-bond donors (Lipinski definition) is 1. The molecule has 0 atom stereocenters. The molecule has 1 N–H and O–H groups in total. The fraction of sp³-hybridized carbons (Fsp3) is 0.167. The lowest BCUT2D eigenvalue weighted by Crippen LogP contribution is -2.38. The Morgan fingerprint density at radius 3 is 2.78 bits per heavy atom. The fourth-order valence-corrected chi connectivity index (χ4v) is 2.58. The monoisotopic (exact) mass is 328 g/mol.